The minimum absolute atomic E-state index is 0.0145. The molecule has 1 aliphatic heterocycles. The molecule has 0 aromatic heterocycles. The lowest BCUT2D eigenvalue weighted by atomic mass is 10.1. The fourth-order valence-electron chi connectivity index (χ4n) is 3.36. The fourth-order valence-corrected chi connectivity index (χ4v) is 3.36. The van der Waals surface area contributed by atoms with Crippen LogP contribution in [0, 0.1) is 6.92 Å². The van der Waals surface area contributed by atoms with E-state index in [0.717, 1.165) is 42.2 Å². The zero-order valence-electron chi connectivity index (χ0n) is 15.8. The smallest absolute Gasteiger partial charge is 0.321 e. The van der Waals surface area contributed by atoms with Crippen LogP contribution in [-0.4, -0.2) is 44.2 Å². The Morgan fingerprint density at radius 2 is 1.85 bits per heavy atom. The molecule has 1 aliphatic rings. The molecular formula is C21H27N3O2. The second-order valence-electron chi connectivity index (χ2n) is 6.57. The molecule has 0 bridgehead atoms. The van der Waals surface area contributed by atoms with Gasteiger partial charge in [0.25, 0.3) is 0 Å². The molecule has 2 amide bonds. The Labute approximate surface area is 155 Å². The van der Waals surface area contributed by atoms with Gasteiger partial charge in [-0.25, -0.2) is 4.79 Å². The summed E-state index contributed by atoms with van der Waals surface area (Å²) in [6.07, 6.45) is 0.904. The maximum atomic E-state index is 12.7. The zero-order chi connectivity index (χ0) is 18.5. The molecular weight excluding hydrogens is 326 g/mol. The number of hydrogen-bond donors (Lipinski definition) is 1. The Bertz CT molecular complexity index is 768. The lowest BCUT2D eigenvalue weighted by Gasteiger charge is -2.36. The summed E-state index contributed by atoms with van der Waals surface area (Å²) in [6, 6.07) is 14.2. The molecule has 1 N–H and O–H groups in total. The first kappa shape index (κ1) is 18.1. The van der Waals surface area contributed by atoms with Gasteiger partial charge in [-0.3, -0.25) is 0 Å². The van der Waals surface area contributed by atoms with Crippen molar-refractivity contribution < 1.29 is 9.53 Å². The molecule has 0 atom stereocenters. The van der Waals surface area contributed by atoms with E-state index in [4.69, 9.17) is 4.74 Å². The summed E-state index contributed by atoms with van der Waals surface area (Å²) in [5.41, 5.74) is 4.37. The third kappa shape index (κ3) is 3.93. The lowest BCUT2D eigenvalue weighted by molar-refractivity contribution is 0.208. The Morgan fingerprint density at radius 1 is 1.12 bits per heavy atom. The maximum absolute atomic E-state index is 12.7. The number of piperazine rings is 1. The molecule has 0 saturated carbocycles. The van der Waals surface area contributed by atoms with Gasteiger partial charge in [0.15, 0.2) is 0 Å². The normalized spacial score (nSPS) is 14.3. The number of para-hydroxylation sites is 1. The van der Waals surface area contributed by atoms with Crippen LogP contribution in [0.1, 0.15) is 18.1 Å². The highest BCUT2D eigenvalue weighted by molar-refractivity contribution is 5.91. The van der Waals surface area contributed by atoms with Gasteiger partial charge in [0.2, 0.25) is 0 Å². The first-order valence-corrected chi connectivity index (χ1v) is 9.15. The van der Waals surface area contributed by atoms with Crippen LogP contribution in [0.2, 0.25) is 0 Å². The Balaban J connectivity index is 1.62. The third-order valence-corrected chi connectivity index (χ3v) is 4.96. The van der Waals surface area contributed by atoms with Gasteiger partial charge < -0.3 is 19.9 Å². The van der Waals surface area contributed by atoms with Crippen molar-refractivity contribution in [3.05, 3.63) is 53.6 Å². The van der Waals surface area contributed by atoms with E-state index in [1.54, 1.807) is 7.11 Å². The molecule has 0 unspecified atom stereocenters. The average molecular weight is 353 g/mol. The van der Waals surface area contributed by atoms with Crippen molar-refractivity contribution in [1.29, 1.82) is 0 Å². The minimum atomic E-state index is -0.0145. The summed E-state index contributed by atoms with van der Waals surface area (Å²) in [5, 5.41) is 3.12. The van der Waals surface area contributed by atoms with Crippen LogP contribution in [0.4, 0.5) is 16.2 Å². The van der Waals surface area contributed by atoms with Gasteiger partial charge in [0.05, 0.1) is 7.11 Å². The summed E-state index contributed by atoms with van der Waals surface area (Å²) in [7, 11) is 1.68. The van der Waals surface area contributed by atoms with Crippen molar-refractivity contribution in [2.24, 2.45) is 0 Å². The van der Waals surface area contributed by atoms with E-state index in [1.807, 2.05) is 42.2 Å². The lowest BCUT2D eigenvalue weighted by Crippen LogP contribution is -2.50. The van der Waals surface area contributed by atoms with Crippen LogP contribution in [0.5, 0.6) is 5.75 Å². The van der Waals surface area contributed by atoms with E-state index in [2.05, 4.69) is 29.3 Å². The van der Waals surface area contributed by atoms with Crippen molar-refractivity contribution in [2.75, 3.05) is 43.5 Å². The molecule has 1 heterocycles. The molecule has 2 aromatic rings. The largest absolute Gasteiger partial charge is 0.497 e. The summed E-state index contributed by atoms with van der Waals surface area (Å²) < 4.78 is 5.30. The number of ether oxygens (including phenoxy) is 1. The summed E-state index contributed by atoms with van der Waals surface area (Å²) in [6.45, 7) is 7.18. The van der Waals surface area contributed by atoms with Gasteiger partial charge >= 0.3 is 6.03 Å². The summed E-state index contributed by atoms with van der Waals surface area (Å²) in [4.78, 5) is 16.9. The Kier molecular flexibility index (Phi) is 5.66. The first-order valence-electron chi connectivity index (χ1n) is 9.15. The van der Waals surface area contributed by atoms with Crippen LogP contribution < -0.4 is 15.0 Å². The predicted molar refractivity (Wildman–Crippen MR) is 106 cm³/mol. The number of carbonyl (C=O) groups excluding carboxylic acids is 1. The molecule has 1 fully saturated rings. The van der Waals surface area contributed by atoms with E-state index in [1.165, 1.54) is 5.56 Å². The number of benzene rings is 2. The van der Waals surface area contributed by atoms with Gasteiger partial charge in [-0.05, 0) is 36.6 Å². The van der Waals surface area contributed by atoms with E-state index in [0.29, 0.717) is 13.1 Å². The number of aryl methyl sites for hydroxylation is 2. The molecule has 0 radical (unpaired) electrons. The number of carbonyl (C=O) groups is 1. The molecule has 5 nitrogen and oxygen atoms in total. The standard InChI is InChI=1S/C21H27N3O2/c1-4-17-8-5-7-16(2)20(17)22-21(25)24-13-11-23(12-14-24)18-9-6-10-19(15-18)26-3/h5-10,15H,4,11-14H2,1-3H3,(H,22,25). The van der Waals surface area contributed by atoms with Gasteiger partial charge in [0, 0.05) is 43.6 Å². The van der Waals surface area contributed by atoms with E-state index in [9.17, 15) is 4.79 Å². The van der Waals surface area contributed by atoms with Crippen molar-refractivity contribution in [3.63, 3.8) is 0 Å². The molecule has 5 heteroatoms. The Morgan fingerprint density at radius 3 is 2.54 bits per heavy atom. The highest BCUT2D eigenvalue weighted by atomic mass is 16.5. The van der Waals surface area contributed by atoms with Gasteiger partial charge in [-0.2, -0.15) is 0 Å². The average Bonchev–Trinajstić information content (AvgIpc) is 2.69. The number of hydrogen-bond acceptors (Lipinski definition) is 3. The first-order chi connectivity index (χ1) is 12.6. The topological polar surface area (TPSA) is 44.8 Å². The SMILES string of the molecule is CCc1cccc(C)c1NC(=O)N1CCN(c2cccc(OC)c2)CC1. The number of anilines is 2. The van der Waals surface area contributed by atoms with Crippen molar-refractivity contribution in [3.8, 4) is 5.75 Å². The maximum Gasteiger partial charge on any atom is 0.321 e. The number of amides is 2. The predicted octanol–water partition coefficient (Wildman–Crippen LogP) is 3.92. The van der Waals surface area contributed by atoms with Crippen LogP contribution in [0.25, 0.3) is 0 Å². The summed E-state index contributed by atoms with van der Waals surface area (Å²) >= 11 is 0. The van der Waals surface area contributed by atoms with Crippen LogP contribution >= 0.6 is 0 Å². The van der Waals surface area contributed by atoms with Gasteiger partial charge in [0.1, 0.15) is 5.75 Å². The van der Waals surface area contributed by atoms with Crippen LogP contribution in [0.15, 0.2) is 42.5 Å². The third-order valence-electron chi connectivity index (χ3n) is 4.96. The summed E-state index contributed by atoms with van der Waals surface area (Å²) in [5.74, 6) is 0.856. The monoisotopic (exact) mass is 353 g/mol. The minimum Gasteiger partial charge on any atom is -0.497 e. The second-order valence-corrected chi connectivity index (χ2v) is 6.57. The van der Waals surface area contributed by atoms with Gasteiger partial charge in [-0.1, -0.05) is 31.2 Å². The van der Waals surface area contributed by atoms with E-state index >= 15 is 0 Å². The molecule has 138 valence electrons. The number of rotatable bonds is 4. The Hall–Kier alpha value is -2.69. The fraction of sp³-hybridized carbons (Fsp3) is 0.381. The molecule has 0 spiro atoms. The second kappa shape index (κ2) is 8.13. The van der Waals surface area contributed by atoms with Crippen molar-refractivity contribution >= 4 is 17.4 Å². The number of methoxy groups -OCH3 is 1. The highest BCUT2D eigenvalue weighted by Crippen LogP contribution is 2.24. The van der Waals surface area contributed by atoms with E-state index in [-0.39, 0.29) is 6.03 Å². The molecule has 26 heavy (non-hydrogen) atoms. The number of nitrogens with one attached hydrogen (secondary N) is 1. The quantitative estimate of drug-likeness (QED) is 0.906. The van der Waals surface area contributed by atoms with Crippen LogP contribution in [0.3, 0.4) is 0 Å². The van der Waals surface area contributed by atoms with Crippen molar-refractivity contribution in [2.45, 2.75) is 20.3 Å². The molecule has 1 saturated heterocycles. The number of urea groups is 1. The van der Waals surface area contributed by atoms with Crippen molar-refractivity contribution in [1.82, 2.24) is 4.90 Å². The van der Waals surface area contributed by atoms with Crippen LogP contribution in [-0.2, 0) is 6.42 Å². The van der Waals surface area contributed by atoms with E-state index < -0.39 is 0 Å². The highest BCUT2D eigenvalue weighted by Gasteiger charge is 2.22. The molecule has 0 aliphatic carbocycles. The number of nitrogens with zero attached hydrogens (tertiary/aromatic N) is 2. The zero-order valence-corrected chi connectivity index (χ0v) is 15.8. The van der Waals surface area contributed by atoms with Gasteiger partial charge in [-0.15, -0.1) is 0 Å². The molecule has 2 aromatic carbocycles. The molecule has 3 rings (SSSR count).